The number of halogens is 2. The fourth-order valence-electron chi connectivity index (χ4n) is 4.09. The molecule has 0 unspecified atom stereocenters. The molecule has 5 rings (SSSR count). The van der Waals surface area contributed by atoms with Crippen molar-refractivity contribution >= 4 is 17.5 Å². The third-order valence-corrected chi connectivity index (χ3v) is 6.38. The molecule has 0 bridgehead atoms. The molecule has 0 radical (unpaired) electrons. The predicted octanol–water partition coefficient (Wildman–Crippen LogP) is 4.42. The van der Waals surface area contributed by atoms with Crippen molar-refractivity contribution in [1.29, 1.82) is 5.26 Å². The summed E-state index contributed by atoms with van der Waals surface area (Å²) in [6, 6.07) is 5.78. The fourth-order valence-corrected chi connectivity index (χ4v) is 4.28. The molecule has 0 atom stereocenters. The van der Waals surface area contributed by atoms with Gasteiger partial charge in [0.05, 0.1) is 16.1 Å². The minimum absolute atomic E-state index is 0.0978. The Hall–Kier alpha value is -3.44. The molecule has 1 aliphatic carbocycles. The molecule has 3 heterocycles. The van der Waals surface area contributed by atoms with Gasteiger partial charge in [-0.1, -0.05) is 17.7 Å². The zero-order valence-corrected chi connectivity index (χ0v) is 18.5. The van der Waals surface area contributed by atoms with E-state index >= 15 is 0 Å². The molecule has 3 aromatic rings. The number of pyridine rings is 1. The molecule has 2 aromatic heterocycles. The van der Waals surface area contributed by atoms with E-state index in [1.807, 2.05) is 12.4 Å². The highest BCUT2D eigenvalue weighted by Gasteiger charge is 2.27. The lowest BCUT2D eigenvalue weighted by molar-refractivity contribution is 0.171. The van der Waals surface area contributed by atoms with Crippen molar-refractivity contribution < 1.29 is 9.13 Å². The highest BCUT2D eigenvalue weighted by atomic mass is 35.5. The van der Waals surface area contributed by atoms with Crippen molar-refractivity contribution in [3.05, 3.63) is 69.1 Å². The van der Waals surface area contributed by atoms with E-state index in [1.165, 1.54) is 36.7 Å². The molecule has 7 nitrogen and oxygen atoms in total. The van der Waals surface area contributed by atoms with Gasteiger partial charge in [-0.05, 0) is 42.0 Å². The second kappa shape index (κ2) is 8.83. The molecule has 2 aliphatic rings. The van der Waals surface area contributed by atoms with Crippen LogP contribution in [-0.4, -0.2) is 34.1 Å². The molecule has 0 spiro atoms. The van der Waals surface area contributed by atoms with Crippen LogP contribution in [0.15, 0.2) is 41.6 Å². The van der Waals surface area contributed by atoms with Crippen LogP contribution in [0.4, 0.5) is 10.3 Å². The first-order valence-electron chi connectivity index (χ1n) is 10.9. The molecule has 9 heteroatoms. The number of H-pyrrole nitrogens is 1. The number of benzene rings is 1. The van der Waals surface area contributed by atoms with Gasteiger partial charge in [0.25, 0.3) is 5.56 Å². The number of aromatic amines is 1. The first-order valence-corrected chi connectivity index (χ1v) is 11.3. The van der Waals surface area contributed by atoms with E-state index in [4.69, 9.17) is 21.6 Å². The maximum Gasteiger partial charge on any atom is 0.259 e. The summed E-state index contributed by atoms with van der Waals surface area (Å²) >= 11 is 6.37. The van der Waals surface area contributed by atoms with Crippen LogP contribution in [0.5, 0.6) is 5.75 Å². The van der Waals surface area contributed by atoms with Gasteiger partial charge in [-0.3, -0.25) is 4.79 Å². The monoisotopic (exact) mass is 465 g/mol. The topological polar surface area (TPSA) is 94.9 Å². The van der Waals surface area contributed by atoms with E-state index in [1.54, 1.807) is 6.07 Å². The molecule has 168 valence electrons. The van der Waals surface area contributed by atoms with Gasteiger partial charge >= 0.3 is 0 Å². The first kappa shape index (κ1) is 21.4. The van der Waals surface area contributed by atoms with Crippen LogP contribution in [0.1, 0.15) is 42.7 Å². The molecule has 1 saturated carbocycles. The molecule has 33 heavy (non-hydrogen) atoms. The van der Waals surface area contributed by atoms with Crippen molar-refractivity contribution in [1.82, 2.24) is 15.0 Å². The van der Waals surface area contributed by atoms with Gasteiger partial charge in [-0.25, -0.2) is 14.4 Å². The summed E-state index contributed by atoms with van der Waals surface area (Å²) in [5.41, 5.74) is 1.10. The molecule has 1 N–H and O–H groups in total. The van der Waals surface area contributed by atoms with Gasteiger partial charge in [0.15, 0.2) is 5.75 Å². The third kappa shape index (κ3) is 4.41. The van der Waals surface area contributed by atoms with Crippen molar-refractivity contribution in [3.63, 3.8) is 0 Å². The summed E-state index contributed by atoms with van der Waals surface area (Å²) < 4.78 is 20.4. The lowest BCUT2D eigenvalue weighted by Gasteiger charge is -2.32. The lowest BCUT2D eigenvalue weighted by atomic mass is 10.0. The molecular weight excluding hydrogens is 445 g/mol. The number of hydrogen-bond donors (Lipinski definition) is 1. The van der Waals surface area contributed by atoms with E-state index in [0.717, 1.165) is 6.07 Å². The van der Waals surface area contributed by atoms with Gasteiger partial charge in [0, 0.05) is 44.5 Å². The van der Waals surface area contributed by atoms with Crippen LogP contribution in [0.2, 0.25) is 5.02 Å². The summed E-state index contributed by atoms with van der Waals surface area (Å²) in [5, 5.41) is 9.21. The van der Waals surface area contributed by atoms with Gasteiger partial charge in [0.2, 0.25) is 5.95 Å². The number of hydrogen-bond acceptors (Lipinski definition) is 6. The Morgan fingerprint density at radius 2 is 1.91 bits per heavy atom. The number of nitrogens with zero attached hydrogens (tertiary/aromatic N) is 4. The van der Waals surface area contributed by atoms with Gasteiger partial charge < -0.3 is 14.6 Å². The van der Waals surface area contributed by atoms with Gasteiger partial charge in [-0.2, -0.15) is 5.26 Å². The minimum Gasteiger partial charge on any atom is -0.488 e. The van der Waals surface area contributed by atoms with Gasteiger partial charge in [-0.15, -0.1) is 0 Å². The van der Waals surface area contributed by atoms with Crippen molar-refractivity contribution in [2.75, 3.05) is 18.0 Å². The second-order valence-corrected chi connectivity index (χ2v) is 8.78. The average Bonchev–Trinajstić information content (AvgIpc) is 3.68. The van der Waals surface area contributed by atoms with E-state index in [-0.39, 0.29) is 28.0 Å². The Labute approximate surface area is 194 Å². The summed E-state index contributed by atoms with van der Waals surface area (Å²) in [5.74, 6) is 0.839. The summed E-state index contributed by atoms with van der Waals surface area (Å²) in [7, 11) is 0. The molecular formula is C24H21ClFN5O2. The van der Waals surface area contributed by atoms with E-state index in [9.17, 15) is 9.18 Å². The van der Waals surface area contributed by atoms with E-state index in [0.29, 0.717) is 43.4 Å². The van der Waals surface area contributed by atoms with E-state index in [2.05, 4.69) is 19.9 Å². The number of rotatable bonds is 5. The fraction of sp³-hybridized carbons (Fsp3) is 0.333. The highest BCUT2D eigenvalue weighted by Crippen LogP contribution is 2.39. The minimum atomic E-state index is -0.707. The molecule has 0 amide bonds. The lowest BCUT2D eigenvalue weighted by Crippen LogP contribution is -2.39. The van der Waals surface area contributed by atoms with Crippen LogP contribution in [-0.2, 0) is 0 Å². The Bertz CT molecular complexity index is 1280. The number of ether oxygens (including phenoxy) is 1. The Balaban J connectivity index is 1.33. The van der Waals surface area contributed by atoms with Crippen LogP contribution in [0.25, 0.3) is 11.1 Å². The molecule has 1 aromatic carbocycles. The largest absolute Gasteiger partial charge is 0.488 e. The number of piperidine rings is 1. The highest BCUT2D eigenvalue weighted by molar-refractivity contribution is 6.32. The normalized spacial score (nSPS) is 16.5. The van der Waals surface area contributed by atoms with Gasteiger partial charge in [0.1, 0.15) is 18.0 Å². The van der Waals surface area contributed by atoms with Crippen LogP contribution >= 0.6 is 11.6 Å². The number of aromatic nitrogens is 3. The summed E-state index contributed by atoms with van der Waals surface area (Å²) in [6.45, 7) is 1.41. The average molecular weight is 466 g/mol. The smallest absolute Gasteiger partial charge is 0.259 e. The van der Waals surface area contributed by atoms with Crippen molar-refractivity contribution in [3.8, 4) is 22.9 Å². The van der Waals surface area contributed by atoms with Crippen LogP contribution in [0.3, 0.4) is 0 Å². The quantitative estimate of drug-likeness (QED) is 0.599. The van der Waals surface area contributed by atoms with Crippen LogP contribution in [0, 0.1) is 17.1 Å². The first-order chi connectivity index (χ1) is 16.0. The summed E-state index contributed by atoms with van der Waals surface area (Å²) in [4.78, 5) is 26.3. The zero-order valence-electron chi connectivity index (χ0n) is 17.7. The predicted molar refractivity (Wildman–Crippen MR) is 122 cm³/mol. The summed E-state index contributed by atoms with van der Waals surface area (Å²) in [6.07, 6.45) is 8.85. The Morgan fingerprint density at radius 3 is 2.55 bits per heavy atom. The SMILES string of the molecule is N#Cc1ccc(-c2c(OC3CCN(c4ncc(C5CC5)cn4)CC3)c(Cl)c[nH]c2=O)cc1F. The molecule has 1 saturated heterocycles. The maximum atomic E-state index is 14.2. The number of nitrogens with one attached hydrogen (secondary N) is 1. The standard InChI is InChI=1S/C24H21ClFN5O2/c25-19-13-28-23(32)21(15-3-4-16(10-27)20(26)9-15)22(19)33-18-5-7-31(8-6-18)24-29-11-17(12-30-24)14-1-2-14/h3-4,9,11-14,18H,1-2,5-8H2,(H,28,32). The zero-order chi connectivity index (χ0) is 22.9. The molecule has 2 fully saturated rings. The third-order valence-electron chi connectivity index (χ3n) is 6.10. The maximum absolute atomic E-state index is 14.2. The van der Waals surface area contributed by atoms with E-state index < -0.39 is 11.4 Å². The second-order valence-electron chi connectivity index (χ2n) is 8.37. The molecule has 1 aliphatic heterocycles. The number of nitriles is 1. The Morgan fingerprint density at radius 1 is 1.18 bits per heavy atom. The Kier molecular flexibility index (Phi) is 5.73. The van der Waals surface area contributed by atoms with Crippen molar-refractivity contribution in [2.24, 2.45) is 0 Å². The number of anilines is 1. The van der Waals surface area contributed by atoms with Crippen LogP contribution < -0.4 is 15.2 Å². The van der Waals surface area contributed by atoms with Crippen molar-refractivity contribution in [2.45, 2.75) is 37.7 Å².